The SMILES string of the molecule is O=C(O)C=Cc1ccc(O[C@@H]2O[C@H](CO)[C@@H](O)[C@H](O)[C@H]2O)c(Oc2ccc(CCC(=O)O)cc2)c1. The summed E-state index contributed by atoms with van der Waals surface area (Å²) >= 11 is 0. The molecule has 11 nitrogen and oxygen atoms in total. The molecule has 1 aliphatic heterocycles. The number of rotatable bonds is 10. The van der Waals surface area contributed by atoms with Crippen molar-refractivity contribution in [3.05, 3.63) is 59.7 Å². The van der Waals surface area contributed by atoms with Crippen molar-refractivity contribution in [2.75, 3.05) is 6.61 Å². The molecule has 0 unspecified atom stereocenters. The van der Waals surface area contributed by atoms with Gasteiger partial charge >= 0.3 is 11.9 Å². The Morgan fingerprint density at radius 1 is 0.943 bits per heavy atom. The number of carboxylic acid groups (broad SMARTS) is 2. The van der Waals surface area contributed by atoms with Gasteiger partial charge in [0.25, 0.3) is 0 Å². The van der Waals surface area contributed by atoms with Crippen LogP contribution in [0.15, 0.2) is 48.5 Å². The van der Waals surface area contributed by atoms with Gasteiger partial charge in [-0.1, -0.05) is 18.2 Å². The average Bonchev–Trinajstić information content (AvgIpc) is 2.83. The molecule has 2 aromatic carbocycles. The van der Waals surface area contributed by atoms with Crippen molar-refractivity contribution in [3.8, 4) is 17.2 Å². The zero-order valence-electron chi connectivity index (χ0n) is 18.4. The van der Waals surface area contributed by atoms with Crippen LogP contribution in [0, 0.1) is 0 Å². The molecule has 0 aromatic heterocycles. The third-order valence-corrected chi connectivity index (χ3v) is 5.26. The highest BCUT2D eigenvalue weighted by molar-refractivity contribution is 5.85. The summed E-state index contributed by atoms with van der Waals surface area (Å²) in [5.74, 6) is -1.51. The van der Waals surface area contributed by atoms with Crippen LogP contribution >= 0.6 is 0 Å². The van der Waals surface area contributed by atoms with Gasteiger partial charge in [0, 0.05) is 12.5 Å². The van der Waals surface area contributed by atoms with Crippen LogP contribution in [0.1, 0.15) is 17.5 Å². The smallest absolute Gasteiger partial charge is 0.328 e. The van der Waals surface area contributed by atoms with Crippen molar-refractivity contribution in [1.29, 1.82) is 0 Å². The number of carbonyl (C=O) groups is 2. The van der Waals surface area contributed by atoms with E-state index in [4.69, 9.17) is 24.4 Å². The van der Waals surface area contributed by atoms with Crippen molar-refractivity contribution in [2.45, 2.75) is 43.5 Å². The van der Waals surface area contributed by atoms with Gasteiger partial charge in [0.15, 0.2) is 11.5 Å². The number of hydrogen-bond donors (Lipinski definition) is 6. The fourth-order valence-corrected chi connectivity index (χ4v) is 3.37. The number of aryl methyl sites for hydroxylation is 1. The van der Waals surface area contributed by atoms with Gasteiger partial charge < -0.3 is 44.8 Å². The first-order valence-corrected chi connectivity index (χ1v) is 10.7. The van der Waals surface area contributed by atoms with Crippen LogP contribution in [0.4, 0.5) is 0 Å². The summed E-state index contributed by atoms with van der Waals surface area (Å²) in [6.07, 6.45) is -4.84. The second-order valence-electron chi connectivity index (χ2n) is 7.83. The number of ether oxygens (including phenoxy) is 3. The summed E-state index contributed by atoms with van der Waals surface area (Å²) in [7, 11) is 0. The zero-order valence-corrected chi connectivity index (χ0v) is 18.4. The normalized spacial score (nSPS) is 24.3. The number of hydrogen-bond acceptors (Lipinski definition) is 9. The Kier molecular flexibility index (Phi) is 8.79. The molecule has 5 atom stereocenters. The van der Waals surface area contributed by atoms with E-state index in [-0.39, 0.29) is 17.9 Å². The van der Waals surface area contributed by atoms with Crippen LogP contribution in [-0.4, -0.2) is 79.9 Å². The summed E-state index contributed by atoms with van der Waals surface area (Å²) < 4.78 is 17.0. The number of benzene rings is 2. The van der Waals surface area contributed by atoms with Gasteiger partial charge in [-0.05, 0) is 47.9 Å². The van der Waals surface area contributed by atoms with Crippen molar-refractivity contribution < 1.29 is 54.4 Å². The monoisotopic (exact) mass is 490 g/mol. The van der Waals surface area contributed by atoms with Crippen LogP contribution < -0.4 is 9.47 Å². The highest BCUT2D eigenvalue weighted by atomic mass is 16.7. The lowest BCUT2D eigenvalue weighted by Gasteiger charge is -2.39. The summed E-state index contributed by atoms with van der Waals surface area (Å²) in [6.45, 7) is -0.624. The van der Waals surface area contributed by atoms with Crippen LogP contribution in [0.3, 0.4) is 0 Å². The van der Waals surface area contributed by atoms with E-state index in [0.29, 0.717) is 17.7 Å². The van der Waals surface area contributed by atoms with E-state index in [1.807, 2.05) is 0 Å². The quantitative estimate of drug-likeness (QED) is 0.259. The number of aliphatic carboxylic acids is 2. The molecule has 1 heterocycles. The van der Waals surface area contributed by atoms with E-state index >= 15 is 0 Å². The van der Waals surface area contributed by atoms with Crippen molar-refractivity contribution in [2.24, 2.45) is 0 Å². The molecule has 6 N–H and O–H groups in total. The second-order valence-corrected chi connectivity index (χ2v) is 7.83. The molecule has 35 heavy (non-hydrogen) atoms. The van der Waals surface area contributed by atoms with Gasteiger partial charge in [-0.25, -0.2) is 4.79 Å². The summed E-state index contributed by atoms with van der Waals surface area (Å²) in [5, 5.41) is 57.4. The first-order valence-electron chi connectivity index (χ1n) is 10.7. The Labute approximate surface area is 200 Å². The molecule has 3 rings (SSSR count). The van der Waals surface area contributed by atoms with Gasteiger partial charge in [0.05, 0.1) is 6.61 Å². The molecule has 0 saturated carbocycles. The summed E-state index contributed by atoms with van der Waals surface area (Å²) in [5.41, 5.74) is 1.25. The lowest BCUT2D eigenvalue weighted by atomic mass is 9.99. The van der Waals surface area contributed by atoms with Crippen molar-refractivity contribution in [1.82, 2.24) is 0 Å². The van der Waals surface area contributed by atoms with E-state index in [1.54, 1.807) is 24.3 Å². The van der Waals surface area contributed by atoms with Crippen molar-refractivity contribution >= 4 is 18.0 Å². The maximum atomic E-state index is 10.9. The highest BCUT2D eigenvalue weighted by Gasteiger charge is 2.45. The van der Waals surface area contributed by atoms with E-state index in [1.165, 1.54) is 24.3 Å². The van der Waals surface area contributed by atoms with E-state index < -0.39 is 49.3 Å². The fourth-order valence-electron chi connectivity index (χ4n) is 3.37. The average molecular weight is 490 g/mol. The molecule has 188 valence electrons. The number of carboxylic acids is 2. The van der Waals surface area contributed by atoms with Crippen molar-refractivity contribution in [3.63, 3.8) is 0 Å². The van der Waals surface area contributed by atoms with Gasteiger partial charge in [0.1, 0.15) is 30.2 Å². The number of aliphatic hydroxyl groups excluding tert-OH is 4. The Morgan fingerprint density at radius 3 is 2.29 bits per heavy atom. The maximum Gasteiger partial charge on any atom is 0.328 e. The van der Waals surface area contributed by atoms with Crippen LogP contribution in [0.2, 0.25) is 0 Å². The molecule has 1 aliphatic rings. The molecule has 1 fully saturated rings. The molecular weight excluding hydrogens is 464 g/mol. The molecule has 11 heteroatoms. The maximum absolute atomic E-state index is 10.9. The van der Waals surface area contributed by atoms with E-state index in [2.05, 4.69) is 0 Å². The third kappa shape index (κ3) is 7.01. The fraction of sp³-hybridized carbons (Fsp3) is 0.333. The molecule has 0 bridgehead atoms. The molecule has 0 aliphatic carbocycles. The largest absolute Gasteiger partial charge is 0.481 e. The second kappa shape index (κ2) is 11.8. The van der Waals surface area contributed by atoms with Gasteiger partial charge in [-0.15, -0.1) is 0 Å². The minimum atomic E-state index is -1.64. The minimum absolute atomic E-state index is 0.0186. The lowest BCUT2D eigenvalue weighted by molar-refractivity contribution is -0.277. The summed E-state index contributed by atoms with van der Waals surface area (Å²) in [4.78, 5) is 21.6. The first kappa shape index (κ1) is 26.1. The Balaban J connectivity index is 1.86. The van der Waals surface area contributed by atoms with Gasteiger partial charge in [-0.3, -0.25) is 4.79 Å². The molecular formula is C24H26O11. The summed E-state index contributed by atoms with van der Waals surface area (Å²) in [6, 6.07) is 11.1. The van der Waals surface area contributed by atoms with Crippen LogP contribution in [0.25, 0.3) is 6.08 Å². The van der Waals surface area contributed by atoms with E-state index in [0.717, 1.165) is 11.6 Å². The predicted octanol–water partition coefficient (Wildman–Crippen LogP) is 0.773. The van der Waals surface area contributed by atoms with Crippen LogP contribution in [0.5, 0.6) is 17.2 Å². The molecule has 0 amide bonds. The molecule has 2 aromatic rings. The van der Waals surface area contributed by atoms with Gasteiger partial charge in [0.2, 0.25) is 6.29 Å². The highest BCUT2D eigenvalue weighted by Crippen LogP contribution is 2.35. The Morgan fingerprint density at radius 2 is 1.66 bits per heavy atom. The minimum Gasteiger partial charge on any atom is -0.481 e. The van der Waals surface area contributed by atoms with Gasteiger partial charge in [-0.2, -0.15) is 0 Å². The zero-order chi connectivity index (χ0) is 25.5. The lowest BCUT2D eigenvalue weighted by Crippen LogP contribution is -2.60. The Hall–Kier alpha value is -3.48. The molecule has 0 radical (unpaired) electrons. The first-order chi connectivity index (χ1) is 16.7. The molecule has 1 saturated heterocycles. The standard InChI is InChI=1S/C24H26O11/c25-12-18-21(30)22(31)23(32)24(35-18)34-16-8-3-14(5-10-20(28)29)11-17(16)33-15-6-1-13(2-7-15)4-9-19(26)27/h1-3,5-8,10-11,18,21-25,30-32H,4,9,12H2,(H,26,27)(H,28,29)/t18-,21-,22+,23-,24-/m1/s1. The topological polar surface area (TPSA) is 183 Å². The Bertz CT molecular complexity index is 1050. The van der Waals surface area contributed by atoms with Crippen LogP contribution in [-0.2, 0) is 20.7 Å². The number of aliphatic hydroxyl groups is 4. The predicted molar refractivity (Wildman–Crippen MR) is 120 cm³/mol. The van der Waals surface area contributed by atoms with E-state index in [9.17, 15) is 30.0 Å². The molecule has 0 spiro atoms. The third-order valence-electron chi connectivity index (χ3n) is 5.26.